The predicted octanol–water partition coefficient (Wildman–Crippen LogP) is 2.18. The molecule has 0 bridgehead atoms. The van der Waals surface area contributed by atoms with Crippen LogP contribution in [0.1, 0.15) is 40.0 Å². The molecule has 2 heteroatoms. The maximum atomic E-state index is 11.2. The van der Waals surface area contributed by atoms with Crippen molar-refractivity contribution in [3.63, 3.8) is 0 Å². The lowest BCUT2D eigenvalue weighted by Gasteiger charge is -2.35. The molecule has 1 aliphatic rings. The van der Waals surface area contributed by atoms with Gasteiger partial charge < -0.3 is 5.73 Å². The Hall–Kier alpha value is -0.530. The third-order valence-corrected chi connectivity index (χ3v) is 3.39. The summed E-state index contributed by atoms with van der Waals surface area (Å²) in [5.41, 5.74) is 5.42. The molecule has 2 N–H and O–H groups in total. The lowest BCUT2D eigenvalue weighted by atomic mass is 9.70. The van der Waals surface area contributed by atoms with Crippen LogP contribution in [-0.4, -0.2) is 5.91 Å². The first-order valence-corrected chi connectivity index (χ1v) is 5.31. The van der Waals surface area contributed by atoms with E-state index in [0.29, 0.717) is 17.8 Å². The molecule has 3 atom stereocenters. The summed E-state index contributed by atoms with van der Waals surface area (Å²) >= 11 is 0. The molecule has 2 nitrogen and oxygen atoms in total. The van der Waals surface area contributed by atoms with Crippen LogP contribution in [0.3, 0.4) is 0 Å². The first-order valence-electron chi connectivity index (χ1n) is 5.31. The Labute approximate surface area is 80.9 Å². The Balaban J connectivity index is 2.66. The van der Waals surface area contributed by atoms with Crippen molar-refractivity contribution < 1.29 is 4.79 Å². The van der Waals surface area contributed by atoms with E-state index in [-0.39, 0.29) is 11.8 Å². The van der Waals surface area contributed by atoms with Crippen molar-refractivity contribution in [2.45, 2.75) is 40.0 Å². The second-order valence-electron chi connectivity index (χ2n) is 4.83. The molecule has 1 saturated carbocycles. The van der Waals surface area contributed by atoms with Crippen molar-refractivity contribution in [3.8, 4) is 0 Å². The quantitative estimate of drug-likeness (QED) is 0.700. The summed E-state index contributed by atoms with van der Waals surface area (Å²) in [6.07, 6.45) is 3.43. The van der Waals surface area contributed by atoms with Crippen molar-refractivity contribution in [2.24, 2.45) is 29.4 Å². The first-order chi connectivity index (χ1) is 6.02. The van der Waals surface area contributed by atoms with E-state index in [4.69, 9.17) is 5.73 Å². The normalized spacial score (nSPS) is 34.9. The fraction of sp³-hybridized carbons (Fsp3) is 0.909. The van der Waals surface area contributed by atoms with E-state index in [1.165, 1.54) is 12.8 Å². The summed E-state index contributed by atoms with van der Waals surface area (Å²) in [5, 5.41) is 0. The summed E-state index contributed by atoms with van der Waals surface area (Å²) in [6, 6.07) is 0. The van der Waals surface area contributed by atoms with Crippen LogP contribution in [0.25, 0.3) is 0 Å². The van der Waals surface area contributed by atoms with E-state index >= 15 is 0 Å². The Kier molecular flexibility index (Phi) is 3.34. The zero-order chi connectivity index (χ0) is 10.0. The Morgan fingerprint density at radius 1 is 1.38 bits per heavy atom. The van der Waals surface area contributed by atoms with Crippen LogP contribution >= 0.6 is 0 Å². The van der Waals surface area contributed by atoms with Gasteiger partial charge in [0.25, 0.3) is 0 Å². The van der Waals surface area contributed by atoms with Gasteiger partial charge in [0.2, 0.25) is 5.91 Å². The fourth-order valence-electron chi connectivity index (χ4n) is 2.53. The molecule has 0 heterocycles. The first kappa shape index (κ1) is 10.6. The highest BCUT2D eigenvalue weighted by Crippen LogP contribution is 2.37. The molecule has 1 fully saturated rings. The van der Waals surface area contributed by atoms with E-state index in [0.717, 1.165) is 6.42 Å². The molecular formula is C11H21NO. The van der Waals surface area contributed by atoms with Gasteiger partial charge in [0, 0.05) is 5.92 Å². The van der Waals surface area contributed by atoms with E-state index in [9.17, 15) is 4.79 Å². The molecule has 0 aromatic carbocycles. The minimum absolute atomic E-state index is 0.0924. The number of carbonyl (C=O) groups is 1. The highest BCUT2D eigenvalue weighted by molar-refractivity contribution is 5.77. The van der Waals surface area contributed by atoms with Gasteiger partial charge in [0.15, 0.2) is 0 Å². The molecule has 0 saturated heterocycles. The topological polar surface area (TPSA) is 43.1 Å². The molecule has 13 heavy (non-hydrogen) atoms. The second kappa shape index (κ2) is 4.12. The smallest absolute Gasteiger partial charge is 0.220 e. The zero-order valence-corrected chi connectivity index (χ0v) is 8.92. The van der Waals surface area contributed by atoms with Crippen LogP contribution in [0, 0.1) is 23.7 Å². The standard InChI is InChI=1S/C11H21NO/c1-7(2)9-5-4-8(3)6-10(9)11(12)13/h7-10H,4-6H2,1-3H3,(H2,12,13)/t8-,9?,10-/m1/s1. The Bertz CT molecular complexity index is 189. The number of hydrogen-bond donors (Lipinski definition) is 1. The summed E-state index contributed by atoms with van der Waals surface area (Å²) in [7, 11) is 0. The molecule has 0 aromatic rings. The van der Waals surface area contributed by atoms with Crippen LogP contribution < -0.4 is 5.73 Å². The van der Waals surface area contributed by atoms with Crippen LogP contribution in [0.4, 0.5) is 0 Å². The average Bonchev–Trinajstić information content (AvgIpc) is 2.03. The van der Waals surface area contributed by atoms with E-state index in [2.05, 4.69) is 20.8 Å². The van der Waals surface area contributed by atoms with Gasteiger partial charge in [0.1, 0.15) is 0 Å². The number of carbonyl (C=O) groups excluding carboxylic acids is 1. The van der Waals surface area contributed by atoms with Crippen molar-refractivity contribution >= 4 is 5.91 Å². The minimum atomic E-state index is -0.0924. The highest BCUT2D eigenvalue weighted by atomic mass is 16.1. The molecule has 1 rings (SSSR count). The van der Waals surface area contributed by atoms with E-state index < -0.39 is 0 Å². The molecule has 0 aliphatic heterocycles. The largest absolute Gasteiger partial charge is 0.369 e. The third-order valence-electron chi connectivity index (χ3n) is 3.39. The molecular weight excluding hydrogens is 162 g/mol. The van der Waals surface area contributed by atoms with Gasteiger partial charge in [-0.05, 0) is 30.6 Å². The van der Waals surface area contributed by atoms with Gasteiger partial charge in [-0.25, -0.2) is 0 Å². The number of hydrogen-bond acceptors (Lipinski definition) is 1. The van der Waals surface area contributed by atoms with Crippen LogP contribution in [0.5, 0.6) is 0 Å². The fourth-order valence-corrected chi connectivity index (χ4v) is 2.53. The Morgan fingerprint density at radius 2 is 2.00 bits per heavy atom. The van der Waals surface area contributed by atoms with Crippen molar-refractivity contribution in [3.05, 3.63) is 0 Å². The van der Waals surface area contributed by atoms with Gasteiger partial charge in [-0.1, -0.05) is 27.2 Å². The number of rotatable bonds is 2. The Morgan fingerprint density at radius 3 is 2.46 bits per heavy atom. The van der Waals surface area contributed by atoms with Crippen molar-refractivity contribution in [2.75, 3.05) is 0 Å². The molecule has 0 radical (unpaired) electrons. The van der Waals surface area contributed by atoms with E-state index in [1.807, 2.05) is 0 Å². The lowest BCUT2D eigenvalue weighted by Crippen LogP contribution is -2.37. The predicted molar refractivity (Wildman–Crippen MR) is 54.0 cm³/mol. The summed E-state index contributed by atoms with van der Waals surface area (Å²) < 4.78 is 0. The summed E-state index contributed by atoms with van der Waals surface area (Å²) in [4.78, 5) is 11.2. The maximum absolute atomic E-state index is 11.2. The third kappa shape index (κ3) is 2.45. The molecule has 0 spiro atoms. The number of amides is 1. The van der Waals surface area contributed by atoms with Gasteiger partial charge in [0.05, 0.1) is 0 Å². The zero-order valence-electron chi connectivity index (χ0n) is 8.92. The summed E-state index contributed by atoms with van der Waals surface area (Å²) in [5.74, 6) is 1.82. The van der Waals surface area contributed by atoms with Gasteiger partial charge >= 0.3 is 0 Å². The van der Waals surface area contributed by atoms with Gasteiger partial charge in [-0.2, -0.15) is 0 Å². The average molecular weight is 183 g/mol. The van der Waals surface area contributed by atoms with Crippen molar-refractivity contribution in [1.29, 1.82) is 0 Å². The molecule has 1 unspecified atom stereocenters. The lowest BCUT2D eigenvalue weighted by molar-refractivity contribution is -0.125. The second-order valence-corrected chi connectivity index (χ2v) is 4.83. The van der Waals surface area contributed by atoms with Crippen LogP contribution in [-0.2, 0) is 4.79 Å². The van der Waals surface area contributed by atoms with Gasteiger partial charge in [-0.3, -0.25) is 4.79 Å². The van der Waals surface area contributed by atoms with Gasteiger partial charge in [-0.15, -0.1) is 0 Å². The molecule has 0 aromatic heterocycles. The van der Waals surface area contributed by atoms with E-state index in [1.54, 1.807) is 0 Å². The summed E-state index contributed by atoms with van der Waals surface area (Å²) in [6.45, 7) is 6.60. The van der Waals surface area contributed by atoms with Crippen LogP contribution in [0.15, 0.2) is 0 Å². The monoisotopic (exact) mass is 183 g/mol. The molecule has 1 amide bonds. The van der Waals surface area contributed by atoms with Crippen molar-refractivity contribution in [1.82, 2.24) is 0 Å². The number of primary amides is 1. The molecule has 1 aliphatic carbocycles. The minimum Gasteiger partial charge on any atom is -0.369 e. The maximum Gasteiger partial charge on any atom is 0.220 e. The van der Waals surface area contributed by atoms with Crippen LogP contribution in [0.2, 0.25) is 0 Å². The highest BCUT2D eigenvalue weighted by Gasteiger charge is 2.33. The SMILES string of the molecule is CC(C)C1CC[C@@H](C)C[C@H]1C(N)=O. The molecule has 76 valence electrons. The number of nitrogens with two attached hydrogens (primary N) is 1.